The molecule has 0 amide bonds. The number of hydrogen-bond donors (Lipinski definition) is 1. The van der Waals surface area contributed by atoms with Gasteiger partial charge in [0.2, 0.25) is 10.0 Å². The summed E-state index contributed by atoms with van der Waals surface area (Å²) in [7, 11) is -3.16. The number of carboxylic acid groups (broad SMARTS) is 1. The summed E-state index contributed by atoms with van der Waals surface area (Å²) in [5, 5.41) is 9.36. The standard InChI is InChI=1S/C14H25NO4S/c1-10-12(15-8-4-5-9-20(15,18)19)7-6-11(13(16)17)14(10,2)3/h10-12H,4-9H2,1-3H3,(H,16,17). The van der Waals surface area contributed by atoms with Gasteiger partial charge in [0.1, 0.15) is 0 Å². The first-order chi connectivity index (χ1) is 9.18. The molecule has 1 saturated carbocycles. The summed E-state index contributed by atoms with van der Waals surface area (Å²) in [5.74, 6) is -0.868. The number of rotatable bonds is 2. The third kappa shape index (κ3) is 2.60. The second-order valence-corrected chi connectivity index (χ2v) is 8.82. The summed E-state index contributed by atoms with van der Waals surface area (Å²) in [6.45, 7) is 6.51. The van der Waals surface area contributed by atoms with E-state index in [0.717, 1.165) is 12.8 Å². The molecule has 1 aliphatic carbocycles. The van der Waals surface area contributed by atoms with Gasteiger partial charge in [-0.15, -0.1) is 0 Å². The number of hydrogen-bond acceptors (Lipinski definition) is 3. The SMILES string of the molecule is CC1C(N2CCCCS2(=O)=O)CCC(C(=O)O)C1(C)C. The summed E-state index contributed by atoms with van der Waals surface area (Å²) in [6, 6.07) is -0.0501. The van der Waals surface area contributed by atoms with Crippen molar-refractivity contribution in [3.63, 3.8) is 0 Å². The zero-order valence-electron chi connectivity index (χ0n) is 12.5. The first-order valence-electron chi connectivity index (χ1n) is 7.40. The van der Waals surface area contributed by atoms with Crippen molar-refractivity contribution in [1.29, 1.82) is 0 Å². The Bertz CT molecular complexity index is 485. The van der Waals surface area contributed by atoms with Gasteiger partial charge in [0.05, 0.1) is 11.7 Å². The van der Waals surface area contributed by atoms with Crippen molar-refractivity contribution in [3.05, 3.63) is 0 Å². The zero-order valence-corrected chi connectivity index (χ0v) is 13.3. The quantitative estimate of drug-likeness (QED) is 0.846. The molecular weight excluding hydrogens is 278 g/mol. The van der Waals surface area contributed by atoms with Gasteiger partial charge in [-0.05, 0) is 37.0 Å². The molecule has 6 heteroatoms. The van der Waals surface area contributed by atoms with E-state index in [9.17, 15) is 18.3 Å². The van der Waals surface area contributed by atoms with Crippen LogP contribution in [-0.2, 0) is 14.8 Å². The minimum absolute atomic E-state index is 0.0465. The van der Waals surface area contributed by atoms with E-state index in [4.69, 9.17) is 0 Å². The predicted molar refractivity (Wildman–Crippen MR) is 76.8 cm³/mol. The van der Waals surface area contributed by atoms with Crippen molar-refractivity contribution in [1.82, 2.24) is 4.31 Å². The van der Waals surface area contributed by atoms with E-state index in [-0.39, 0.29) is 29.0 Å². The van der Waals surface area contributed by atoms with Gasteiger partial charge in [-0.1, -0.05) is 20.8 Å². The molecule has 5 nitrogen and oxygen atoms in total. The smallest absolute Gasteiger partial charge is 0.307 e. The molecule has 2 aliphatic rings. The number of carbonyl (C=O) groups is 1. The second-order valence-electron chi connectivity index (χ2n) is 6.78. The van der Waals surface area contributed by atoms with Gasteiger partial charge in [-0.3, -0.25) is 4.79 Å². The molecule has 0 aromatic carbocycles. The molecule has 2 rings (SSSR count). The van der Waals surface area contributed by atoms with Crippen LogP contribution < -0.4 is 0 Å². The molecule has 0 bridgehead atoms. The molecule has 0 spiro atoms. The average molecular weight is 303 g/mol. The van der Waals surface area contributed by atoms with Crippen LogP contribution in [0.2, 0.25) is 0 Å². The van der Waals surface area contributed by atoms with Crippen LogP contribution in [0.4, 0.5) is 0 Å². The van der Waals surface area contributed by atoms with Gasteiger partial charge in [0.25, 0.3) is 0 Å². The van der Waals surface area contributed by atoms with Gasteiger partial charge >= 0.3 is 5.97 Å². The van der Waals surface area contributed by atoms with Crippen molar-refractivity contribution < 1.29 is 18.3 Å². The van der Waals surface area contributed by atoms with Crippen molar-refractivity contribution in [2.24, 2.45) is 17.3 Å². The molecule has 20 heavy (non-hydrogen) atoms. The average Bonchev–Trinajstić information content (AvgIpc) is 2.32. The van der Waals surface area contributed by atoms with Crippen LogP contribution in [0.5, 0.6) is 0 Å². The van der Waals surface area contributed by atoms with Gasteiger partial charge in [0.15, 0.2) is 0 Å². The Morgan fingerprint density at radius 1 is 1.25 bits per heavy atom. The molecule has 3 unspecified atom stereocenters. The van der Waals surface area contributed by atoms with E-state index in [0.29, 0.717) is 19.4 Å². The summed E-state index contributed by atoms with van der Waals surface area (Å²) in [6.07, 6.45) is 2.86. The van der Waals surface area contributed by atoms with Crippen LogP contribution in [0.1, 0.15) is 46.5 Å². The van der Waals surface area contributed by atoms with Crippen LogP contribution in [-0.4, -0.2) is 42.1 Å². The third-order valence-electron chi connectivity index (χ3n) is 5.46. The number of carboxylic acids is 1. The van der Waals surface area contributed by atoms with Crippen LogP contribution in [0.25, 0.3) is 0 Å². The highest BCUT2D eigenvalue weighted by atomic mass is 32.2. The van der Waals surface area contributed by atoms with Crippen molar-refractivity contribution in [2.75, 3.05) is 12.3 Å². The van der Waals surface area contributed by atoms with E-state index >= 15 is 0 Å². The third-order valence-corrected chi connectivity index (χ3v) is 7.43. The lowest BCUT2D eigenvalue weighted by atomic mass is 9.61. The van der Waals surface area contributed by atoms with Gasteiger partial charge in [-0.2, -0.15) is 4.31 Å². The first-order valence-corrected chi connectivity index (χ1v) is 9.01. The maximum atomic E-state index is 12.3. The van der Waals surface area contributed by atoms with Gasteiger partial charge in [0, 0.05) is 12.6 Å². The molecule has 1 aliphatic heterocycles. The molecule has 0 radical (unpaired) electrons. The predicted octanol–water partition coefficient (Wildman–Crippen LogP) is 1.94. The lowest BCUT2D eigenvalue weighted by Crippen LogP contribution is -2.55. The monoisotopic (exact) mass is 303 g/mol. The lowest BCUT2D eigenvalue weighted by Gasteiger charge is -2.49. The van der Waals surface area contributed by atoms with E-state index in [1.165, 1.54) is 0 Å². The van der Waals surface area contributed by atoms with Crippen LogP contribution in [0, 0.1) is 17.3 Å². The maximum absolute atomic E-state index is 12.3. The highest BCUT2D eigenvalue weighted by molar-refractivity contribution is 7.89. The fourth-order valence-electron chi connectivity index (χ4n) is 3.79. The fourth-order valence-corrected chi connectivity index (χ4v) is 5.70. The molecule has 1 heterocycles. The minimum atomic E-state index is -3.16. The zero-order chi connectivity index (χ0) is 15.1. The Kier molecular flexibility index (Phi) is 4.17. The van der Waals surface area contributed by atoms with Crippen molar-refractivity contribution >= 4 is 16.0 Å². The summed E-state index contributed by atoms with van der Waals surface area (Å²) < 4.78 is 26.2. The number of nitrogens with zero attached hydrogens (tertiary/aromatic N) is 1. The molecule has 1 N–H and O–H groups in total. The van der Waals surface area contributed by atoms with Crippen LogP contribution in [0.3, 0.4) is 0 Å². The van der Waals surface area contributed by atoms with Crippen molar-refractivity contribution in [3.8, 4) is 0 Å². The Balaban J connectivity index is 2.25. The Morgan fingerprint density at radius 3 is 2.45 bits per heavy atom. The number of aliphatic carboxylic acids is 1. The second kappa shape index (κ2) is 5.30. The van der Waals surface area contributed by atoms with Gasteiger partial charge < -0.3 is 5.11 Å². The number of sulfonamides is 1. The van der Waals surface area contributed by atoms with E-state index in [1.54, 1.807) is 4.31 Å². The van der Waals surface area contributed by atoms with Crippen molar-refractivity contribution in [2.45, 2.75) is 52.5 Å². The van der Waals surface area contributed by atoms with Crippen LogP contribution >= 0.6 is 0 Å². The molecule has 2 fully saturated rings. The van der Waals surface area contributed by atoms with E-state index < -0.39 is 16.0 Å². The molecule has 0 aromatic heterocycles. The molecule has 3 atom stereocenters. The Morgan fingerprint density at radius 2 is 1.90 bits per heavy atom. The maximum Gasteiger partial charge on any atom is 0.307 e. The normalized spacial score (nSPS) is 37.5. The molecular formula is C14H25NO4S. The molecule has 0 aromatic rings. The fraction of sp³-hybridized carbons (Fsp3) is 0.929. The largest absolute Gasteiger partial charge is 0.481 e. The molecule has 116 valence electrons. The summed E-state index contributed by atoms with van der Waals surface area (Å²) in [4.78, 5) is 11.4. The van der Waals surface area contributed by atoms with Gasteiger partial charge in [-0.25, -0.2) is 8.42 Å². The van der Waals surface area contributed by atoms with Crippen LogP contribution in [0.15, 0.2) is 0 Å². The minimum Gasteiger partial charge on any atom is -0.481 e. The topological polar surface area (TPSA) is 74.7 Å². The highest BCUT2D eigenvalue weighted by Gasteiger charge is 2.49. The Labute approximate surface area is 121 Å². The summed E-state index contributed by atoms with van der Waals surface area (Å²) >= 11 is 0. The van der Waals surface area contributed by atoms with E-state index in [2.05, 4.69) is 0 Å². The lowest BCUT2D eigenvalue weighted by molar-refractivity contribution is -0.151. The van der Waals surface area contributed by atoms with E-state index in [1.807, 2.05) is 20.8 Å². The highest BCUT2D eigenvalue weighted by Crippen LogP contribution is 2.47. The Hall–Kier alpha value is -0.620. The molecule has 1 saturated heterocycles. The summed E-state index contributed by atoms with van der Waals surface area (Å²) in [5.41, 5.74) is -0.387. The first kappa shape index (κ1) is 15.8.